The van der Waals surface area contributed by atoms with Crippen LogP contribution in [0, 0.1) is 0 Å². The van der Waals surface area contributed by atoms with Crippen LogP contribution in [0.15, 0.2) is 29.2 Å². The largest absolute Gasteiger partial charge is 0.373 e. The van der Waals surface area contributed by atoms with E-state index >= 15 is 0 Å². The van der Waals surface area contributed by atoms with Gasteiger partial charge in [0.05, 0.1) is 17.1 Å². The Morgan fingerprint density at radius 3 is 2.21 bits per heavy atom. The summed E-state index contributed by atoms with van der Waals surface area (Å²) in [7, 11) is -3.59. The van der Waals surface area contributed by atoms with Crippen LogP contribution in [0.4, 0.5) is 0 Å². The van der Waals surface area contributed by atoms with Crippen molar-refractivity contribution in [1.82, 2.24) is 14.1 Å². The molecule has 1 aromatic carbocycles. The Kier molecular flexibility index (Phi) is 5.97. The van der Waals surface area contributed by atoms with Crippen LogP contribution in [0.25, 0.3) is 0 Å². The highest BCUT2D eigenvalue weighted by molar-refractivity contribution is 7.89. The van der Waals surface area contributed by atoms with Gasteiger partial charge >= 0.3 is 0 Å². The Balaban J connectivity index is 1.43. The monoisotopic (exact) mass is 421 g/mol. The Bertz CT molecular complexity index is 826. The van der Waals surface area contributed by atoms with Crippen LogP contribution in [0.1, 0.15) is 43.5 Å². The van der Waals surface area contributed by atoms with Crippen LogP contribution < -0.4 is 0 Å². The predicted molar refractivity (Wildman–Crippen MR) is 110 cm³/mol. The number of benzene rings is 1. The second-order valence-corrected chi connectivity index (χ2v) is 10.5. The quantitative estimate of drug-likeness (QED) is 0.741. The van der Waals surface area contributed by atoms with Gasteiger partial charge in [-0.15, -0.1) is 0 Å². The fourth-order valence-electron chi connectivity index (χ4n) is 4.76. The molecule has 0 N–H and O–H groups in total. The van der Waals surface area contributed by atoms with Gasteiger partial charge in [-0.05, 0) is 70.5 Å². The van der Waals surface area contributed by atoms with Gasteiger partial charge in [0.2, 0.25) is 10.0 Å². The van der Waals surface area contributed by atoms with Crippen LogP contribution in [-0.4, -0.2) is 85.9 Å². The predicted octanol–water partition coefficient (Wildman–Crippen LogP) is 1.79. The smallest absolute Gasteiger partial charge is 0.253 e. The molecular formula is C21H31N3O4S. The molecule has 3 aliphatic rings. The van der Waals surface area contributed by atoms with E-state index in [0.29, 0.717) is 24.7 Å². The molecule has 3 atom stereocenters. The van der Waals surface area contributed by atoms with Crippen molar-refractivity contribution in [3.63, 3.8) is 0 Å². The van der Waals surface area contributed by atoms with Crippen molar-refractivity contribution in [2.24, 2.45) is 0 Å². The summed E-state index contributed by atoms with van der Waals surface area (Å²) in [4.78, 5) is 17.5. The lowest BCUT2D eigenvalue weighted by molar-refractivity contribution is -0.0440. The summed E-state index contributed by atoms with van der Waals surface area (Å²) < 4.78 is 33.1. The molecule has 29 heavy (non-hydrogen) atoms. The molecule has 1 amide bonds. The third kappa shape index (κ3) is 4.35. The third-order valence-electron chi connectivity index (χ3n) is 6.23. The molecule has 4 rings (SSSR count). The topological polar surface area (TPSA) is 70.2 Å². The van der Waals surface area contributed by atoms with Crippen LogP contribution >= 0.6 is 0 Å². The van der Waals surface area contributed by atoms with Gasteiger partial charge in [0.1, 0.15) is 0 Å². The van der Waals surface area contributed by atoms with Gasteiger partial charge in [0, 0.05) is 37.8 Å². The molecule has 0 radical (unpaired) electrons. The molecule has 7 nitrogen and oxygen atoms in total. The van der Waals surface area contributed by atoms with Crippen LogP contribution in [0.3, 0.4) is 0 Å². The van der Waals surface area contributed by atoms with Crippen LogP contribution in [0.2, 0.25) is 0 Å². The molecule has 3 aliphatic heterocycles. The van der Waals surface area contributed by atoms with E-state index in [1.165, 1.54) is 17.1 Å². The van der Waals surface area contributed by atoms with Crippen molar-refractivity contribution in [2.45, 2.75) is 56.3 Å². The zero-order valence-electron chi connectivity index (χ0n) is 17.3. The van der Waals surface area contributed by atoms with E-state index in [0.717, 1.165) is 32.6 Å². The van der Waals surface area contributed by atoms with Crippen molar-refractivity contribution in [3.8, 4) is 0 Å². The fourth-order valence-corrected chi connectivity index (χ4v) is 6.35. The van der Waals surface area contributed by atoms with Crippen molar-refractivity contribution in [1.29, 1.82) is 0 Å². The number of rotatable bonds is 4. The maximum absolute atomic E-state index is 13.0. The van der Waals surface area contributed by atoms with Crippen molar-refractivity contribution < 1.29 is 17.9 Å². The first-order valence-corrected chi connectivity index (χ1v) is 12.1. The van der Waals surface area contributed by atoms with Crippen molar-refractivity contribution in [2.75, 3.05) is 39.3 Å². The number of likely N-dealkylation sites (tertiary alicyclic amines) is 2. The van der Waals surface area contributed by atoms with Crippen LogP contribution in [-0.2, 0) is 14.8 Å². The van der Waals surface area contributed by atoms with Crippen molar-refractivity contribution in [3.05, 3.63) is 29.8 Å². The third-order valence-corrected chi connectivity index (χ3v) is 8.08. The number of morpholine rings is 1. The number of hydrogen-bond acceptors (Lipinski definition) is 5. The Morgan fingerprint density at radius 1 is 0.966 bits per heavy atom. The van der Waals surface area contributed by atoms with E-state index in [4.69, 9.17) is 4.74 Å². The minimum absolute atomic E-state index is 0.00994. The van der Waals surface area contributed by atoms with Crippen molar-refractivity contribution >= 4 is 15.9 Å². The molecule has 0 aromatic heterocycles. The summed E-state index contributed by atoms with van der Waals surface area (Å²) in [6.45, 7) is 8.26. The maximum atomic E-state index is 13.0. The molecule has 3 heterocycles. The number of nitrogens with zero attached hydrogens (tertiary/aromatic N) is 3. The first-order chi connectivity index (χ1) is 13.8. The number of hydrogen-bond donors (Lipinski definition) is 0. The molecule has 3 saturated heterocycles. The minimum atomic E-state index is -3.59. The zero-order valence-corrected chi connectivity index (χ0v) is 18.1. The first-order valence-electron chi connectivity index (χ1n) is 10.6. The number of carbonyl (C=O) groups is 1. The number of ether oxygens (including phenoxy) is 1. The molecule has 160 valence electrons. The van der Waals surface area contributed by atoms with E-state index in [-0.39, 0.29) is 23.0 Å². The Hall–Kier alpha value is -1.48. The number of carbonyl (C=O) groups excluding carboxylic acids is 1. The highest BCUT2D eigenvalue weighted by atomic mass is 32.2. The normalized spacial score (nSPS) is 29.4. The summed E-state index contributed by atoms with van der Waals surface area (Å²) >= 11 is 0. The Morgan fingerprint density at radius 2 is 1.59 bits per heavy atom. The first kappa shape index (κ1) is 20.8. The number of sulfonamides is 1. The standard InChI is InChI=1S/C21H31N3O4S/c1-16-13-24(14-17(2)28-16)29(26,27)20-7-5-18(6-8-20)21(25)23-12-9-19(15-23)22-10-3-4-11-22/h5-8,16-17,19H,3-4,9-15H2,1-2H3. The van der Waals surface area contributed by atoms with Gasteiger partial charge < -0.3 is 9.64 Å². The lowest BCUT2D eigenvalue weighted by atomic mass is 10.2. The molecule has 1 aromatic rings. The average Bonchev–Trinajstić information content (AvgIpc) is 3.38. The van der Waals surface area contributed by atoms with Gasteiger partial charge in [0.25, 0.3) is 5.91 Å². The molecule has 3 fully saturated rings. The fraction of sp³-hybridized carbons (Fsp3) is 0.667. The summed E-state index contributed by atoms with van der Waals surface area (Å²) in [6.07, 6.45) is 3.26. The maximum Gasteiger partial charge on any atom is 0.253 e. The Labute approximate surface area is 173 Å². The van der Waals surface area contributed by atoms with Crippen LogP contribution in [0.5, 0.6) is 0 Å². The highest BCUT2D eigenvalue weighted by Gasteiger charge is 2.34. The minimum Gasteiger partial charge on any atom is -0.373 e. The molecule has 8 heteroatoms. The second kappa shape index (κ2) is 8.34. The highest BCUT2D eigenvalue weighted by Crippen LogP contribution is 2.24. The summed E-state index contributed by atoms with van der Waals surface area (Å²) in [5.74, 6) is -0.00994. The van der Waals surface area contributed by atoms with Gasteiger partial charge in [-0.1, -0.05) is 0 Å². The summed E-state index contributed by atoms with van der Waals surface area (Å²) in [5, 5.41) is 0. The van der Waals surface area contributed by atoms with E-state index in [2.05, 4.69) is 4.90 Å². The number of amides is 1. The molecule has 0 bridgehead atoms. The summed E-state index contributed by atoms with van der Waals surface area (Å²) in [5.41, 5.74) is 0.551. The van der Waals surface area contributed by atoms with E-state index < -0.39 is 10.0 Å². The van der Waals surface area contributed by atoms with Gasteiger partial charge in [0.15, 0.2) is 0 Å². The van der Waals surface area contributed by atoms with E-state index in [1.54, 1.807) is 24.3 Å². The van der Waals surface area contributed by atoms with Gasteiger partial charge in [-0.2, -0.15) is 4.31 Å². The van der Waals surface area contributed by atoms with Gasteiger partial charge in [-0.3, -0.25) is 9.69 Å². The van der Waals surface area contributed by atoms with E-state index in [9.17, 15) is 13.2 Å². The summed E-state index contributed by atoms with van der Waals surface area (Å²) in [6, 6.07) is 6.87. The molecule has 3 unspecified atom stereocenters. The lowest BCUT2D eigenvalue weighted by Crippen LogP contribution is -2.48. The average molecular weight is 422 g/mol. The molecule has 0 aliphatic carbocycles. The zero-order chi connectivity index (χ0) is 20.6. The SMILES string of the molecule is CC1CN(S(=O)(=O)c2ccc(C(=O)N3CCC(N4CCCC4)C3)cc2)CC(C)O1. The lowest BCUT2D eigenvalue weighted by Gasteiger charge is -2.34. The van der Waals surface area contributed by atoms with Gasteiger partial charge in [-0.25, -0.2) is 8.42 Å². The molecule has 0 spiro atoms. The second-order valence-electron chi connectivity index (χ2n) is 8.54. The molecule has 0 saturated carbocycles. The van der Waals surface area contributed by atoms with E-state index in [1.807, 2.05) is 18.7 Å². The molecular weight excluding hydrogens is 390 g/mol.